The van der Waals surface area contributed by atoms with Gasteiger partial charge in [0.25, 0.3) is 0 Å². The lowest BCUT2D eigenvalue weighted by Gasteiger charge is -2.31. The average molecular weight is 394 g/mol. The predicted molar refractivity (Wildman–Crippen MR) is 109 cm³/mol. The molecule has 2 heterocycles. The minimum Gasteiger partial charge on any atom is -0.373 e. The molecule has 1 aromatic rings. The molecule has 3 atom stereocenters. The molecular formula is C20H31N3O3S. The largest absolute Gasteiger partial charge is 0.373 e. The number of rotatable bonds is 5. The highest BCUT2D eigenvalue weighted by Crippen LogP contribution is 2.34. The quantitative estimate of drug-likeness (QED) is 0.592. The highest BCUT2D eigenvalue weighted by atomic mass is 32.2. The predicted octanol–water partition coefficient (Wildman–Crippen LogP) is 2.20. The van der Waals surface area contributed by atoms with Crippen molar-refractivity contribution < 1.29 is 13.2 Å². The van der Waals surface area contributed by atoms with Crippen molar-refractivity contribution in [3.63, 3.8) is 0 Å². The van der Waals surface area contributed by atoms with Gasteiger partial charge in [0.05, 0.1) is 17.6 Å². The van der Waals surface area contributed by atoms with Crippen molar-refractivity contribution >= 4 is 15.8 Å². The van der Waals surface area contributed by atoms with E-state index < -0.39 is 9.84 Å². The lowest BCUT2D eigenvalue weighted by molar-refractivity contribution is -0.0250. The number of aryl methyl sites for hydroxylation is 1. The summed E-state index contributed by atoms with van der Waals surface area (Å²) in [5.74, 6) is 1.48. The number of ether oxygens (including phenoxy) is 1. The van der Waals surface area contributed by atoms with Crippen LogP contribution in [0.15, 0.2) is 29.3 Å². The SMILES string of the molecule is CCNC(=NCC1CCCOC1c1ccc(C)cc1)NC1CCS(=O)(=O)C1. The zero-order valence-corrected chi connectivity index (χ0v) is 17.1. The molecule has 0 spiro atoms. The van der Waals surface area contributed by atoms with Crippen molar-refractivity contribution in [2.24, 2.45) is 10.9 Å². The van der Waals surface area contributed by atoms with Crippen LogP contribution >= 0.6 is 0 Å². The van der Waals surface area contributed by atoms with Gasteiger partial charge in [-0.2, -0.15) is 0 Å². The maximum absolute atomic E-state index is 11.7. The van der Waals surface area contributed by atoms with Crippen molar-refractivity contribution in [3.8, 4) is 0 Å². The molecule has 27 heavy (non-hydrogen) atoms. The number of hydrogen-bond acceptors (Lipinski definition) is 4. The maximum Gasteiger partial charge on any atom is 0.191 e. The Kier molecular flexibility index (Phi) is 6.76. The number of guanidine groups is 1. The molecule has 2 N–H and O–H groups in total. The second-order valence-corrected chi connectivity index (χ2v) is 9.80. The summed E-state index contributed by atoms with van der Waals surface area (Å²) in [7, 11) is -2.91. The standard InChI is InChI=1S/C20H31N3O3S/c1-3-21-20(23-18-10-12-27(24,25)14-18)22-13-17-5-4-11-26-19(17)16-8-6-15(2)7-9-16/h6-9,17-19H,3-5,10-14H2,1-2H3,(H2,21,22,23). The summed E-state index contributed by atoms with van der Waals surface area (Å²) in [6.07, 6.45) is 2.84. The monoisotopic (exact) mass is 393 g/mol. The van der Waals surface area contributed by atoms with E-state index in [1.165, 1.54) is 11.1 Å². The molecule has 0 saturated carbocycles. The van der Waals surface area contributed by atoms with Gasteiger partial charge in [0, 0.05) is 31.7 Å². The molecule has 3 rings (SSSR count). The van der Waals surface area contributed by atoms with E-state index in [1.54, 1.807) is 0 Å². The van der Waals surface area contributed by atoms with E-state index in [-0.39, 0.29) is 23.7 Å². The fourth-order valence-corrected chi connectivity index (χ4v) is 5.46. The summed E-state index contributed by atoms with van der Waals surface area (Å²) < 4.78 is 29.5. The Morgan fingerprint density at radius 1 is 1.26 bits per heavy atom. The Hall–Kier alpha value is -1.60. The summed E-state index contributed by atoms with van der Waals surface area (Å²) in [6.45, 7) is 6.30. The van der Waals surface area contributed by atoms with Gasteiger partial charge in [0.15, 0.2) is 15.8 Å². The smallest absolute Gasteiger partial charge is 0.191 e. The summed E-state index contributed by atoms with van der Waals surface area (Å²) in [6, 6.07) is 8.49. The Labute approximate surface area is 162 Å². The van der Waals surface area contributed by atoms with Crippen LogP contribution in [0.5, 0.6) is 0 Å². The number of nitrogens with zero attached hydrogens (tertiary/aromatic N) is 1. The summed E-state index contributed by atoms with van der Waals surface area (Å²) in [5.41, 5.74) is 2.45. The zero-order chi connectivity index (χ0) is 19.3. The minimum absolute atomic E-state index is 0.0525. The summed E-state index contributed by atoms with van der Waals surface area (Å²) in [4.78, 5) is 4.76. The highest BCUT2D eigenvalue weighted by Gasteiger charge is 2.29. The van der Waals surface area contributed by atoms with Crippen molar-refractivity contribution in [1.29, 1.82) is 0 Å². The fraction of sp³-hybridized carbons (Fsp3) is 0.650. The second kappa shape index (κ2) is 9.06. The van der Waals surface area contributed by atoms with Crippen LogP contribution in [0, 0.1) is 12.8 Å². The van der Waals surface area contributed by atoms with E-state index in [9.17, 15) is 8.42 Å². The number of benzene rings is 1. The summed E-state index contributed by atoms with van der Waals surface area (Å²) in [5, 5.41) is 6.53. The Bertz CT molecular complexity index is 746. The van der Waals surface area contributed by atoms with Crippen molar-refractivity contribution in [2.45, 2.75) is 45.3 Å². The molecule has 0 aliphatic carbocycles. The van der Waals surface area contributed by atoms with Crippen LogP contribution in [0.4, 0.5) is 0 Å². The van der Waals surface area contributed by atoms with Gasteiger partial charge in [0.1, 0.15) is 0 Å². The lowest BCUT2D eigenvalue weighted by atomic mass is 9.89. The molecule has 1 aromatic carbocycles. The molecule has 0 amide bonds. The van der Waals surface area contributed by atoms with Gasteiger partial charge in [-0.15, -0.1) is 0 Å². The second-order valence-electron chi connectivity index (χ2n) is 7.57. The van der Waals surface area contributed by atoms with Gasteiger partial charge < -0.3 is 15.4 Å². The van der Waals surface area contributed by atoms with E-state index in [4.69, 9.17) is 9.73 Å². The first-order valence-corrected chi connectivity index (χ1v) is 11.7. The first kappa shape index (κ1) is 20.1. The topological polar surface area (TPSA) is 79.8 Å². The van der Waals surface area contributed by atoms with Crippen LogP contribution in [0.25, 0.3) is 0 Å². The Morgan fingerprint density at radius 2 is 2.04 bits per heavy atom. The number of hydrogen-bond donors (Lipinski definition) is 2. The number of nitrogens with one attached hydrogen (secondary N) is 2. The van der Waals surface area contributed by atoms with Gasteiger partial charge in [-0.3, -0.25) is 4.99 Å². The first-order chi connectivity index (χ1) is 13.0. The first-order valence-electron chi connectivity index (χ1n) is 9.90. The molecule has 0 radical (unpaired) electrons. The molecule has 2 aliphatic heterocycles. The Morgan fingerprint density at radius 3 is 2.70 bits per heavy atom. The van der Waals surface area contributed by atoms with Gasteiger partial charge in [0.2, 0.25) is 0 Å². The maximum atomic E-state index is 11.7. The van der Waals surface area contributed by atoms with Gasteiger partial charge in [-0.25, -0.2) is 8.42 Å². The van der Waals surface area contributed by atoms with Gasteiger partial charge in [-0.1, -0.05) is 29.8 Å². The third-order valence-electron chi connectivity index (χ3n) is 5.25. The minimum atomic E-state index is -2.91. The summed E-state index contributed by atoms with van der Waals surface area (Å²) >= 11 is 0. The molecule has 2 saturated heterocycles. The third-order valence-corrected chi connectivity index (χ3v) is 7.02. The number of sulfone groups is 1. The van der Waals surface area contributed by atoms with E-state index in [0.29, 0.717) is 24.8 Å². The molecule has 7 heteroatoms. The number of aliphatic imine (C=N–C) groups is 1. The van der Waals surface area contributed by atoms with Gasteiger partial charge >= 0.3 is 0 Å². The van der Waals surface area contributed by atoms with E-state index in [0.717, 1.165) is 26.0 Å². The van der Waals surface area contributed by atoms with E-state index in [1.807, 2.05) is 6.92 Å². The molecule has 6 nitrogen and oxygen atoms in total. The van der Waals surface area contributed by atoms with Crippen molar-refractivity contribution in [3.05, 3.63) is 35.4 Å². The molecule has 2 aliphatic rings. The van der Waals surface area contributed by atoms with E-state index in [2.05, 4.69) is 41.8 Å². The highest BCUT2D eigenvalue weighted by molar-refractivity contribution is 7.91. The van der Waals surface area contributed by atoms with Crippen LogP contribution in [0.3, 0.4) is 0 Å². The molecule has 150 valence electrons. The molecule has 2 fully saturated rings. The van der Waals surface area contributed by atoms with E-state index >= 15 is 0 Å². The zero-order valence-electron chi connectivity index (χ0n) is 16.3. The molecular weight excluding hydrogens is 362 g/mol. The molecule has 0 bridgehead atoms. The molecule has 3 unspecified atom stereocenters. The van der Waals surface area contributed by atoms with Gasteiger partial charge in [-0.05, 0) is 38.7 Å². The van der Waals surface area contributed by atoms with Crippen LogP contribution in [-0.2, 0) is 14.6 Å². The van der Waals surface area contributed by atoms with Crippen molar-refractivity contribution in [2.75, 3.05) is 31.2 Å². The normalized spacial score (nSPS) is 28.1. The third kappa shape index (κ3) is 5.69. The Balaban J connectivity index is 1.66. The lowest BCUT2D eigenvalue weighted by Crippen LogP contribution is -2.44. The molecule has 0 aromatic heterocycles. The van der Waals surface area contributed by atoms with Crippen LogP contribution in [0.2, 0.25) is 0 Å². The van der Waals surface area contributed by atoms with Crippen molar-refractivity contribution in [1.82, 2.24) is 10.6 Å². The van der Waals surface area contributed by atoms with Crippen LogP contribution in [0.1, 0.15) is 43.4 Å². The van der Waals surface area contributed by atoms with Crippen LogP contribution in [-0.4, -0.2) is 51.6 Å². The fourth-order valence-electron chi connectivity index (χ4n) is 3.79. The van der Waals surface area contributed by atoms with Crippen LogP contribution < -0.4 is 10.6 Å². The average Bonchev–Trinajstić information content (AvgIpc) is 2.99.